The van der Waals surface area contributed by atoms with E-state index in [4.69, 9.17) is 4.74 Å². The lowest BCUT2D eigenvalue weighted by Crippen LogP contribution is -2.49. The van der Waals surface area contributed by atoms with Gasteiger partial charge in [-0.3, -0.25) is 4.90 Å². The smallest absolute Gasteiger partial charge is 0.0758 e. The molecule has 2 unspecified atom stereocenters. The normalized spacial score (nSPS) is 36.8. The Kier molecular flexibility index (Phi) is 5.23. The van der Waals surface area contributed by atoms with Crippen LogP contribution in [0, 0.1) is 5.41 Å². The second-order valence-electron chi connectivity index (χ2n) is 6.79. The second-order valence-corrected chi connectivity index (χ2v) is 6.79. The summed E-state index contributed by atoms with van der Waals surface area (Å²) in [6.07, 6.45) is 4.47. The van der Waals surface area contributed by atoms with E-state index in [1.165, 1.54) is 12.8 Å². The molecule has 0 amide bonds. The van der Waals surface area contributed by atoms with Crippen LogP contribution in [-0.4, -0.2) is 61.5 Å². The van der Waals surface area contributed by atoms with E-state index in [-0.39, 0.29) is 5.41 Å². The summed E-state index contributed by atoms with van der Waals surface area (Å²) in [5.41, 5.74) is -0.249. The largest absolute Gasteiger partial charge is 0.389 e. The van der Waals surface area contributed by atoms with Crippen LogP contribution < -0.4 is 5.32 Å². The van der Waals surface area contributed by atoms with Gasteiger partial charge >= 0.3 is 0 Å². The SMILES string of the molecule is CCCNCC1(CN2CCC(C)(O)C2)CCCOC1. The zero-order chi connectivity index (χ0) is 13.8. The molecule has 0 saturated carbocycles. The van der Waals surface area contributed by atoms with Crippen molar-refractivity contribution in [2.24, 2.45) is 5.41 Å². The Balaban J connectivity index is 1.90. The van der Waals surface area contributed by atoms with E-state index in [0.717, 1.165) is 58.8 Å². The van der Waals surface area contributed by atoms with Crippen molar-refractivity contribution in [3.63, 3.8) is 0 Å². The minimum atomic E-state index is -0.492. The van der Waals surface area contributed by atoms with Gasteiger partial charge in [0.05, 0.1) is 12.2 Å². The van der Waals surface area contributed by atoms with E-state index in [1.54, 1.807) is 0 Å². The van der Waals surface area contributed by atoms with Gasteiger partial charge in [0.15, 0.2) is 0 Å². The molecule has 2 aliphatic rings. The first-order chi connectivity index (χ1) is 9.05. The Bertz CT molecular complexity index is 275. The van der Waals surface area contributed by atoms with Gasteiger partial charge in [0.2, 0.25) is 0 Å². The molecule has 0 aromatic rings. The minimum Gasteiger partial charge on any atom is -0.389 e. The van der Waals surface area contributed by atoms with Gasteiger partial charge in [-0.1, -0.05) is 6.92 Å². The fourth-order valence-corrected chi connectivity index (χ4v) is 3.41. The molecule has 2 fully saturated rings. The van der Waals surface area contributed by atoms with E-state index in [1.807, 2.05) is 6.92 Å². The molecule has 2 atom stereocenters. The lowest BCUT2D eigenvalue weighted by molar-refractivity contribution is -0.0270. The maximum atomic E-state index is 10.1. The van der Waals surface area contributed by atoms with Crippen LogP contribution in [0.4, 0.5) is 0 Å². The predicted octanol–water partition coefficient (Wildman–Crippen LogP) is 1.24. The maximum absolute atomic E-state index is 10.1. The first kappa shape index (κ1) is 15.2. The van der Waals surface area contributed by atoms with E-state index in [2.05, 4.69) is 17.1 Å². The van der Waals surface area contributed by atoms with Crippen molar-refractivity contribution >= 4 is 0 Å². The van der Waals surface area contributed by atoms with Crippen molar-refractivity contribution in [1.82, 2.24) is 10.2 Å². The molecule has 0 aliphatic carbocycles. The second kappa shape index (κ2) is 6.53. The highest BCUT2D eigenvalue weighted by molar-refractivity contribution is 4.93. The Morgan fingerprint density at radius 2 is 2.21 bits per heavy atom. The number of hydrogen-bond acceptors (Lipinski definition) is 4. The highest BCUT2D eigenvalue weighted by atomic mass is 16.5. The van der Waals surface area contributed by atoms with Crippen LogP contribution in [0.15, 0.2) is 0 Å². The van der Waals surface area contributed by atoms with E-state index < -0.39 is 5.60 Å². The summed E-state index contributed by atoms with van der Waals surface area (Å²) < 4.78 is 5.75. The summed E-state index contributed by atoms with van der Waals surface area (Å²) in [5.74, 6) is 0. The zero-order valence-corrected chi connectivity index (χ0v) is 12.6. The topological polar surface area (TPSA) is 44.7 Å². The van der Waals surface area contributed by atoms with Crippen LogP contribution in [0.2, 0.25) is 0 Å². The lowest BCUT2D eigenvalue weighted by atomic mass is 9.81. The Hall–Kier alpha value is -0.160. The molecule has 2 saturated heterocycles. The number of ether oxygens (including phenoxy) is 1. The molecule has 112 valence electrons. The summed E-state index contributed by atoms with van der Waals surface area (Å²) in [7, 11) is 0. The first-order valence-corrected chi connectivity index (χ1v) is 7.79. The summed E-state index contributed by atoms with van der Waals surface area (Å²) in [5, 5.41) is 13.7. The number of nitrogens with one attached hydrogen (secondary N) is 1. The quantitative estimate of drug-likeness (QED) is 0.713. The fourth-order valence-electron chi connectivity index (χ4n) is 3.41. The summed E-state index contributed by atoms with van der Waals surface area (Å²) in [6.45, 7) is 10.9. The Morgan fingerprint density at radius 1 is 1.37 bits per heavy atom. The van der Waals surface area contributed by atoms with Crippen molar-refractivity contribution < 1.29 is 9.84 Å². The zero-order valence-electron chi connectivity index (χ0n) is 12.6. The van der Waals surface area contributed by atoms with Crippen molar-refractivity contribution in [3.05, 3.63) is 0 Å². The first-order valence-electron chi connectivity index (χ1n) is 7.79. The van der Waals surface area contributed by atoms with E-state index in [9.17, 15) is 5.11 Å². The number of β-amino-alcohol motifs (C(OH)–C–C–N with tert-alkyl or cyclic N) is 1. The molecule has 0 bridgehead atoms. The lowest BCUT2D eigenvalue weighted by Gasteiger charge is -2.40. The van der Waals surface area contributed by atoms with Crippen molar-refractivity contribution in [3.8, 4) is 0 Å². The van der Waals surface area contributed by atoms with Crippen molar-refractivity contribution in [1.29, 1.82) is 0 Å². The van der Waals surface area contributed by atoms with Crippen LogP contribution in [0.25, 0.3) is 0 Å². The fraction of sp³-hybridized carbons (Fsp3) is 1.00. The maximum Gasteiger partial charge on any atom is 0.0758 e. The number of rotatable bonds is 6. The standard InChI is InChI=1S/C15H30N2O2/c1-3-7-16-10-15(5-4-9-19-13-15)12-17-8-6-14(2,18)11-17/h16,18H,3-13H2,1-2H3. The molecule has 2 rings (SSSR count). The summed E-state index contributed by atoms with van der Waals surface area (Å²) in [4.78, 5) is 2.42. The summed E-state index contributed by atoms with van der Waals surface area (Å²) >= 11 is 0. The van der Waals surface area contributed by atoms with Crippen LogP contribution in [0.1, 0.15) is 39.5 Å². The average molecular weight is 270 g/mol. The monoisotopic (exact) mass is 270 g/mol. The molecule has 0 spiro atoms. The number of aliphatic hydroxyl groups is 1. The van der Waals surface area contributed by atoms with Gasteiger partial charge in [-0.25, -0.2) is 0 Å². The van der Waals surface area contributed by atoms with Gasteiger partial charge < -0.3 is 15.2 Å². The van der Waals surface area contributed by atoms with Gasteiger partial charge in [0, 0.05) is 38.2 Å². The van der Waals surface area contributed by atoms with E-state index >= 15 is 0 Å². The molecule has 2 aliphatic heterocycles. The van der Waals surface area contributed by atoms with Crippen LogP contribution in [-0.2, 0) is 4.74 Å². The number of likely N-dealkylation sites (tertiary alicyclic amines) is 1. The average Bonchev–Trinajstić information content (AvgIpc) is 2.70. The molecule has 0 radical (unpaired) electrons. The third-order valence-corrected chi connectivity index (χ3v) is 4.42. The van der Waals surface area contributed by atoms with Crippen LogP contribution in [0.5, 0.6) is 0 Å². The molecule has 4 heteroatoms. The van der Waals surface area contributed by atoms with Gasteiger partial charge in [-0.05, 0) is 39.2 Å². The molecule has 0 aromatic heterocycles. The molecular weight excluding hydrogens is 240 g/mol. The molecule has 2 N–H and O–H groups in total. The molecule has 0 aromatic carbocycles. The van der Waals surface area contributed by atoms with Gasteiger partial charge in [-0.2, -0.15) is 0 Å². The third-order valence-electron chi connectivity index (χ3n) is 4.42. The Labute approximate surface area is 117 Å². The predicted molar refractivity (Wildman–Crippen MR) is 77.3 cm³/mol. The van der Waals surface area contributed by atoms with Gasteiger partial charge in [-0.15, -0.1) is 0 Å². The van der Waals surface area contributed by atoms with Gasteiger partial charge in [0.25, 0.3) is 0 Å². The number of hydrogen-bond donors (Lipinski definition) is 2. The van der Waals surface area contributed by atoms with Crippen molar-refractivity contribution in [2.45, 2.75) is 45.1 Å². The summed E-state index contributed by atoms with van der Waals surface area (Å²) in [6, 6.07) is 0. The molecule has 2 heterocycles. The van der Waals surface area contributed by atoms with Crippen LogP contribution >= 0.6 is 0 Å². The van der Waals surface area contributed by atoms with Crippen LogP contribution in [0.3, 0.4) is 0 Å². The number of nitrogens with zero attached hydrogens (tertiary/aromatic N) is 1. The molecular formula is C15H30N2O2. The highest BCUT2D eigenvalue weighted by Gasteiger charge is 2.39. The van der Waals surface area contributed by atoms with Gasteiger partial charge in [0.1, 0.15) is 0 Å². The Morgan fingerprint density at radius 3 is 2.79 bits per heavy atom. The molecule has 4 nitrogen and oxygen atoms in total. The van der Waals surface area contributed by atoms with Crippen molar-refractivity contribution in [2.75, 3.05) is 45.9 Å². The third kappa shape index (κ3) is 4.42. The minimum absolute atomic E-state index is 0.244. The van der Waals surface area contributed by atoms with E-state index in [0.29, 0.717) is 0 Å². The molecule has 19 heavy (non-hydrogen) atoms. The highest BCUT2D eigenvalue weighted by Crippen LogP contribution is 2.32.